The number of aliphatic carboxylic acids is 1. The van der Waals surface area contributed by atoms with Crippen molar-refractivity contribution in [3.05, 3.63) is 34.6 Å². The molecule has 0 radical (unpaired) electrons. The lowest BCUT2D eigenvalue weighted by Gasteiger charge is -2.11. The van der Waals surface area contributed by atoms with E-state index >= 15 is 0 Å². The number of carbonyl (C=O) groups is 1. The summed E-state index contributed by atoms with van der Waals surface area (Å²) in [5.74, 6) is -0.415. The Bertz CT molecular complexity index is 723. The van der Waals surface area contributed by atoms with E-state index in [1.807, 2.05) is 13.0 Å². The standard InChI is InChI=1S/C13H11ClN4O2S/c1-2-11-16-17-13(21-7-12(19)20)18(11)10-5-8(6-15)3-4-9(10)14/h3-5H,2,7H2,1H3,(H,19,20). The van der Waals surface area contributed by atoms with E-state index in [-0.39, 0.29) is 5.75 Å². The average molecular weight is 323 g/mol. The van der Waals surface area contributed by atoms with Gasteiger partial charge >= 0.3 is 5.97 Å². The SMILES string of the molecule is CCc1nnc(SCC(=O)O)n1-c1cc(C#N)ccc1Cl. The topological polar surface area (TPSA) is 91.8 Å². The first-order valence-electron chi connectivity index (χ1n) is 6.05. The fourth-order valence-electron chi connectivity index (χ4n) is 1.74. The predicted molar refractivity (Wildman–Crippen MR) is 78.8 cm³/mol. The van der Waals surface area contributed by atoms with Crippen LogP contribution in [0.15, 0.2) is 23.4 Å². The maximum absolute atomic E-state index is 10.7. The molecular weight excluding hydrogens is 312 g/mol. The molecule has 8 heteroatoms. The largest absolute Gasteiger partial charge is 0.481 e. The van der Waals surface area contributed by atoms with Crippen LogP contribution in [0.2, 0.25) is 5.02 Å². The van der Waals surface area contributed by atoms with Crippen LogP contribution in [0.3, 0.4) is 0 Å². The Morgan fingerprint density at radius 1 is 1.52 bits per heavy atom. The van der Waals surface area contributed by atoms with Crippen molar-refractivity contribution in [3.8, 4) is 11.8 Å². The molecule has 0 spiro atoms. The molecule has 0 atom stereocenters. The van der Waals surface area contributed by atoms with Crippen molar-refractivity contribution >= 4 is 29.3 Å². The molecule has 0 aliphatic heterocycles. The lowest BCUT2D eigenvalue weighted by Crippen LogP contribution is -2.05. The molecular formula is C13H11ClN4O2S. The van der Waals surface area contributed by atoms with Gasteiger partial charge < -0.3 is 5.11 Å². The lowest BCUT2D eigenvalue weighted by atomic mass is 10.2. The van der Waals surface area contributed by atoms with Crippen LogP contribution in [-0.4, -0.2) is 31.6 Å². The van der Waals surface area contributed by atoms with Gasteiger partial charge in [0.05, 0.1) is 28.1 Å². The lowest BCUT2D eigenvalue weighted by molar-refractivity contribution is -0.133. The van der Waals surface area contributed by atoms with Crippen molar-refractivity contribution in [2.75, 3.05) is 5.75 Å². The Kier molecular flexibility index (Phi) is 4.83. The summed E-state index contributed by atoms with van der Waals surface area (Å²) in [4.78, 5) is 10.7. The first-order valence-corrected chi connectivity index (χ1v) is 7.42. The number of nitriles is 1. The van der Waals surface area contributed by atoms with E-state index < -0.39 is 5.97 Å². The van der Waals surface area contributed by atoms with Gasteiger partial charge in [0, 0.05) is 6.42 Å². The molecule has 0 bridgehead atoms. The highest BCUT2D eigenvalue weighted by atomic mass is 35.5. The number of thioether (sulfide) groups is 1. The molecule has 0 fully saturated rings. The van der Waals surface area contributed by atoms with Crippen LogP contribution in [0, 0.1) is 11.3 Å². The number of halogens is 1. The molecule has 0 saturated heterocycles. The number of rotatable bonds is 5. The zero-order valence-corrected chi connectivity index (χ0v) is 12.6. The van der Waals surface area contributed by atoms with Crippen molar-refractivity contribution in [2.45, 2.75) is 18.5 Å². The number of aromatic nitrogens is 3. The Labute approximate surface area is 130 Å². The normalized spacial score (nSPS) is 10.3. The first-order chi connectivity index (χ1) is 10.1. The third-order valence-electron chi connectivity index (χ3n) is 2.66. The van der Waals surface area contributed by atoms with Gasteiger partial charge in [-0.1, -0.05) is 30.3 Å². The second-order valence-electron chi connectivity index (χ2n) is 4.05. The van der Waals surface area contributed by atoms with E-state index in [2.05, 4.69) is 10.2 Å². The molecule has 0 saturated carbocycles. The summed E-state index contributed by atoms with van der Waals surface area (Å²) in [6.45, 7) is 1.91. The molecule has 0 unspecified atom stereocenters. The second kappa shape index (κ2) is 6.61. The fourth-order valence-corrected chi connectivity index (χ4v) is 2.63. The third-order valence-corrected chi connectivity index (χ3v) is 3.89. The van der Waals surface area contributed by atoms with Crippen LogP contribution in [0.25, 0.3) is 5.69 Å². The smallest absolute Gasteiger partial charge is 0.313 e. The van der Waals surface area contributed by atoms with Crippen LogP contribution in [0.5, 0.6) is 0 Å². The number of carboxylic acids is 1. The highest BCUT2D eigenvalue weighted by molar-refractivity contribution is 7.99. The summed E-state index contributed by atoms with van der Waals surface area (Å²) >= 11 is 7.25. The Balaban J connectivity index is 2.53. The van der Waals surface area contributed by atoms with Crippen molar-refractivity contribution in [2.24, 2.45) is 0 Å². The number of carboxylic acid groups (broad SMARTS) is 1. The Hall–Kier alpha value is -2.04. The molecule has 1 aromatic carbocycles. The summed E-state index contributed by atoms with van der Waals surface area (Å²) in [5.41, 5.74) is 1.03. The van der Waals surface area contributed by atoms with Crippen molar-refractivity contribution in [1.29, 1.82) is 5.26 Å². The van der Waals surface area contributed by atoms with Gasteiger partial charge in [0.15, 0.2) is 5.16 Å². The second-order valence-corrected chi connectivity index (χ2v) is 5.40. The van der Waals surface area contributed by atoms with Gasteiger partial charge in [-0.15, -0.1) is 10.2 Å². The van der Waals surface area contributed by atoms with Gasteiger partial charge in [0.1, 0.15) is 5.82 Å². The molecule has 0 aliphatic rings. The maximum Gasteiger partial charge on any atom is 0.313 e. The van der Waals surface area contributed by atoms with Crippen LogP contribution in [0.1, 0.15) is 18.3 Å². The Morgan fingerprint density at radius 3 is 2.90 bits per heavy atom. The number of hydrogen-bond acceptors (Lipinski definition) is 5. The van der Waals surface area contributed by atoms with Crippen molar-refractivity contribution < 1.29 is 9.90 Å². The highest BCUT2D eigenvalue weighted by Gasteiger charge is 2.17. The Morgan fingerprint density at radius 2 is 2.29 bits per heavy atom. The molecule has 6 nitrogen and oxygen atoms in total. The predicted octanol–water partition coefficient (Wildman–Crippen LogP) is 2.53. The van der Waals surface area contributed by atoms with Gasteiger partial charge in [-0.2, -0.15) is 5.26 Å². The third kappa shape index (κ3) is 3.35. The zero-order chi connectivity index (χ0) is 15.4. The minimum absolute atomic E-state index is 0.128. The molecule has 21 heavy (non-hydrogen) atoms. The van der Waals surface area contributed by atoms with Gasteiger partial charge in [-0.3, -0.25) is 9.36 Å². The van der Waals surface area contributed by atoms with E-state index in [1.165, 1.54) is 0 Å². The first kappa shape index (κ1) is 15.4. The summed E-state index contributed by atoms with van der Waals surface area (Å²) in [7, 11) is 0. The van der Waals surface area contributed by atoms with Gasteiger partial charge in [0.25, 0.3) is 0 Å². The molecule has 1 N–H and O–H groups in total. The number of aryl methyl sites for hydroxylation is 1. The van der Waals surface area contributed by atoms with Crippen LogP contribution < -0.4 is 0 Å². The van der Waals surface area contributed by atoms with E-state index in [9.17, 15) is 4.79 Å². The minimum Gasteiger partial charge on any atom is -0.481 e. The molecule has 1 heterocycles. The number of benzene rings is 1. The average Bonchev–Trinajstić information content (AvgIpc) is 2.88. The molecule has 2 rings (SSSR count). The van der Waals surface area contributed by atoms with Crippen LogP contribution in [-0.2, 0) is 11.2 Å². The molecule has 2 aromatic rings. The van der Waals surface area contributed by atoms with Crippen LogP contribution >= 0.6 is 23.4 Å². The highest BCUT2D eigenvalue weighted by Crippen LogP contribution is 2.28. The number of nitrogens with zero attached hydrogens (tertiary/aromatic N) is 4. The van der Waals surface area contributed by atoms with Crippen LogP contribution in [0.4, 0.5) is 0 Å². The van der Waals surface area contributed by atoms with E-state index in [1.54, 1.807) is 22.8 Å². The fraction of sp³-hybridized carbons (Fsp3) is 0.231. The monoisotopic (exact) mass is 322 g/mol. The zero-order valence-electron chi connectivity index (χ0n) is 11.1. The summed E-state index contributed by atoms with van der Waals surface area (Å²) in [6, 6.07) is 6.93. The van der Waals surface area contributed by atoms with Gasteiger partial charge in [-0.25, -0.2) is 0 Å². The van der Waals surface area contributed by atoms with E-state index in [0.29, 0.717) is 33.7 Å². The minimum atomic E-state index is -0.940. The maximum atomic E-state index is 10.7. The summed E-state index contributed by atoms with van der Waals surface area (Å²) in [6.07, 6.45) is 0.605. The van der Waals surface area contributed by atoms with E-state index in [0.717, 1.165) is 11.8 Å². The molecule has 1 aromatic heterocycles. The molecule has 108 valence electrons. The van der Waals surface area contributed by atoms with Gasteiger partial charge in [0.2, 0.25) is 0 Å². The summed E-state index contributed by atoms with van der Waals surface area (Å²) < 4.78 is 1.69. The van der Waals surface area contributed by atoms with Crippen molar-refractivity contribution in [3.63, 3.8) is 0 Å². The quantitative estimate of drug-likeness (QED) is 0.850. The molecule has 0 amide bonds. The summed E-state index contributed by atoms with van der Waals surface area (Å²) in [5, 5.41) is 26.7. The number of hydrogen-bond donors (Lipinski definition) is 1. The van der Waals surface area contributed by atoms with E-state index in [4.69, 9.17) is 22.0 Å². The van der Waals surface area contributed by atoms with Gasteiger partial charge in [-0.05, 0) is 18.2 Å². The molecule has 0 aliphatic carbocycles. The van der Waals surface area contributed by atoms with Crippen molar-refractivity contribution in [1.82, 2.24) is 14.8 Å².